The van der Waals surface area contributed by atoms with Crippen LogP contribution >= 0.6 is 0 Å². The molecule has 2 rings (SSSR count). The zero-order valence-corrected chi connectivity index (χ0v) is 15.8. The molecule has 0 atom stereocenters. The van der Waals surface area contributed by atoms with Crippen molar-refractivity contribution in [2.75, 3.05) is 12.8 Å². The highest BCUT2D eigenvalue weighted by molar-refractivity contribution is 7.92. The maximum Gasteiger partial charge on any atom is 0.240 e. The maximum atomic E-state index is 12.1. The predicted octanol–water partition coefficient (Wildman–Crippen LogP) is 0.958. The van der Waals surface area contributed by atoms with Crippen molar-refractivity contribution in [2.45, 2.75) is 48.8 Å². The Morgan fingerprint density at radius 2 is 1.84 bits per heavy atom. The second kappa shape index (κ2) is 8.29. The second-order valence-corrected chi connectivity index (χ2v) is 10.4. The first kappa shape index (κ1) is 19.9. The summed E-state index contributed by atoms with van der Waals surface area (Å²) in [4.78, 5) is 12.0. The number of amides is 1. The molecular weight excluding hydrogens is 364 g/mol. The van der Waals surface area contributed by atoms with Gasteiger partial charge >= 0.3 is 0 Å². The van der Waals surface area contributed by atoms with Crippen molar-refractivity contribution in [3.63, 3.8) is 0 Å². The average Bonchev–Trinajstić information content (AvgIpc) is 3.14. The fourth-order valence-electron chi connectivity index (χ4n) is 2.88. The first-order valence-corrected chi connectivity index (χ1v) is 11.5. The number of benzene rings is 1. The average molecular weight is 389 g/mol. The van der Waals surface area contributed by atoms with Gasteiger partial charge in [-0.15, -0.1) is 0 Å². The van der Waals surface area contributed by atoms with Crippen LogP contribution in [0.3, 0.4) is 0 Å². The van der Waals surface area contributed by atoms with Gasteiger partial charge in [-0.3, -0.25) is 4.79 Å². The molecule has 0 spiro atoms. The molecule has 0 unspecified atom stereocenters. The molecule has 0 aromatic heterocycles. The van der Waals surface area contributed by atoms with Gasteiger partial charge in [-0.1, -0.05) is 25.0 Å². The van der Waals surface area contributed by atoms with Gasteiger partial charge in [0.15, 0.2) is 9.84 Å². The van der Waals surface area contributed by atoms with Crippen LogP contribution in [0.25, 0.3) is 0 Å². The second-order valence-electron chi connectivity index (χ2n) is 6.16. The van der Waals surface area contributed by atoms with E-state index in [1.54, 1.807) is 12.1 Å². The van der Waals surface area contributed by atoms with Gasteiger partial charge in [0, 0.05) is 13.0 Å². The third-order valence-corrected chi connectivity index (χ3v) is 8.06. The molecule has 0 heterocycles. The van der Waals surface area contributed by atoms with Crippen molar-refractivity contribution in [1.29, 1.82) is 0 Å². The number of sulfonamides is 1. The Balaban J connectivity index is 1.87. The normalized spacial score (nSPS) is 16.0. The van der Waals surface area contributed by atoms with E-state index in [4.69, 9.17) is 0 Å². The number of rotatable bonds is 8. The summed E-state index contributed by atoms with van der Waals surface area (Å²) in [5.41, 5.74) is 0.628. The molecule has 1 aromatic carbocycles. The summed E-state index contributed by atoms with van der Waals surface area (Å²) >= 11 is 0. The standard InChI is InChI=1S/C16H24N2O5S2/c1-17-25(22,23)15-8-4-5-13(11-15)12-18-16(19)9-10-24(20,21)14-6-2-3-7-14/h4-5,8,11,14,17H,2-3,6-7,9-10,12H2,1H3,(H,18,19). The predicted molar refractivity (Wildman–Crippen MR) is 95.2 cm³/mol. The Bertz CT molecular complexity index is 813. The van der Waals surface area contributed by atoms with Crippen LogP contribution in [0.4, 0.5) is 0 Å². The summed E-state index contributed by atoms with van der Waals surface area (Å²) in [7, 11) is -5.43. The zero-order valence-electron chi connectivity index (χ0n) is 14.2. The van der Waals surface area contributed by atoms with Gasteiger partial charge in [-0.25, -0.2) is 21.6 Å². The fraction of sp³-hybridized carbons (Fsp3) is 0.562. The van der Waals surface area contributed by atoms with E-state index < -0.39 is 19.9 Å². The van der Waals surface area contributed by atoms with E-state index in [9.17, 15) is 21.6 Å². The minimum absolute atomic E-state index is 0.0761. The van der Waals surface area contributed by atoms with Gasteiger partial charge in [0.25, 0.3) is 0 Å². The maximum absolute atomic E-state index is 12.1. The summed E-state index contributed by atoms with van der Waals surface area (Å²) < 4.78 is 50.1. The van der Waals surface area contributed by atoms with Gasteiger partial charge < -0.3 is 5.32 Å². The summed E-state index contributed by atoms with van der Waals surface area (Å²) in [5.74, 6) is -0.499. The van der Waals surface area contributed by atoms with E-state index in [0.29, 0.717) is 18.4 Å². The summed E-state index contributed by atoms with van der Waals surface area (Å²) in [6.45, 7) is 0.148. The van der Waals surface area contributed by atoms with Crippen LogP contribution in [-0.2, 0) is 31.2 Å². The van der Waals surface area contributed by atoms with Gasteiger partial charge in [0.05, 0.1) is 15.9 Å². The van der Waals surface area contributed by atoms with Crippen LogP contribution < -0.4 is 10.0 Å². The molecule has 7 nitrogen and oxygen atoms in total. The minimum atomic E-state index is -3.54. The highest BCUT2D eigenvalue weighted by Gasteiger charge is 2.28. The number of hydrogen-bond acceptors (Lipinski definition) is 5. The SMILES string of the molecule is CNS(=O)(=O)c1cccc(CNC(=O)CCS(=O)(=O)C2CCCC2)c1. The van der Waals surface area contributed by atoms with E-state index in [2.05, 4.69) is 10.0 Å². The lowest BCUT2D eigenvalue weighted by molar-refractivity contribution is -0.120. The smallest absolute Gasteiger partial charge is 0.240 e. The van der Waals surface area contributed by atoms with Crippen LogP contribution in [0.15, 0.2) is 29.2 Å². The molecule has 1 aliphatic carbocycles. The molecule has 0 bridgehead atoms. The third kappa shape index (κ3) is 5.52. The number of carbonyl (C=O) groups is 1. The molecular formula is C16H24N2O5S2. The Labute approximate surface area is 149 Å². The van der Waals surface area contributed by atoms with Crippen molar-refractivity contribution >= 4 is 25.8 Å². The van der Waals surface area contributed by atoms with Gasteiger partial charge in [0.1, 0.15) is 0 Å². The van der Waals surface area contributed by atoms with Crippen LogP contribution in [0.5, 0.6) is 0 Å². The van der Waals surface area contributed by atoms with E-state index in [1.165, 1.54) is 19.2 Å². The van der Waals surface area contributed by atoms with E-state index >= 15 is 0 Å². The first-order valence-electron chi connectivity index (χ1n) is 8.25. The van der Waals surface area contributed by atoms with Crippen molar-refractivity contribution in [3.05, 3.63) is 29.8 Å². The van der Waals surface area contributed by atoms with Crippen LogP contribution in [0.2, 0.25) is 0 Å². The summed E-state index contributed by atoms with van der Waals surface area (Å²) in [6, 6.07) is 6.23. The first-order chi connectivity index (χ1) is 11.7. The topological polar surface area (TPSA) is 109 Å². The van der Waals surface area contributed by atoms with Crippen LogP contribution in [0, 0.1) is 0 Å². The minimum Gasteiger partial charge on any atom is -0.352 e. The molecule has 1 fully saturated rings. The van der Waals surface area contributed by atoms with Gasteiger partial charge in [-0.2, -0.15) is 0 Å². The molecule has 1 aromatic rings. The monoisotopic (exact) mass is 388 g/mol. The molecule has 25 heavy (non-hydrogen) atoms. The largest absolute Gasteiger partial charge is 0.352 e. The summed E-state index contributed by atoms with van der Waals surface area (Å²) in [5, 5.41) is 2.34. The lowest BCUT2D eigenvalue weighted by Crippen LogP contribution is -2.28. The van der Waals surface area contributed by atoms with Crippen molar-refractivity contribution in [1.82, 2.24) is 10.0 Å². The molecule has 1 saturated carbocycles. The quantitative estimate of drug-likeness (QED) is 0.689. The van der Waals surface area contributed by atoms with E-state index in [1.807, 2.05) is 0 Å². The Morgan fingerprint density at radius 1 is 1.16 bits per heavy atom. The molecule has 9 heteroatoms. The number of hydrogen-bond donors (Lipinski definition) is 2. The molecule has 1 amide bonds. The number of nitrogens with one attached hydrogen (secondary N) is 2. The highest BCUT2D eigenvalue weighted by atomic mass is 32.2. The van der Waals surface area contributed by atoms with E-state index in [0.717, 1.165) is 12.8 Å². The van der Waals surface area contributed by atoms with Crippen molar-refractivity contribution in [3.8, 4) is 0 Å². The molecule has 2 N–H and O–H groups in total. The van der Waals surface area contributed by atoms with Crippen molar-refractivity contribution < 1.29 is 21.6 Å². The molecule has 0 aliphatic heterocycles. The molecule has 0 radical (unpaired) electrons. The molecule has 0 saturated heterocycles. The van der Waals surface area contributed by atoms with Crippen LogP contribution in [-0.4, -0.2) is 40.8 Å². The molecule has 1 aliphatic rings. The van der Waals surface area contributed by atoms with Gasteiger partial charge in [-0.05, 0) is 37.6 Å². The Morgan fingerprint density at radius 3 is 2.48 bits per heavy atom. The summed E-state index contributed by atoms with van der Waals surface area (Å²) in [6.07, 6.45) is 3.17. The third-order valence-electron chi connectivity index (χ3n) is 4.39. The highest BCUT2D eigenvalue weighted by Crippen LogP contribution is 2.25. The lowest BCUT2D eigenvalue weighted by Gasteiger charge is -2.11. The number of carbonyl (C=O) groups excluding carboxylic acids is 1. The van der Waals surface area contributed by atoms with E-state index in [-0.39, 0.29) is 34.8 Å². The Kier molecular flexibility index (Phi) is 6.59. The fourth-order valence-corrected chi connectivity index (χ4v) is 5.53. The van der Waals surface area contributed by atoms with Crippen LogP contribution in [0.1, 0.15) is 37.7 Å². The number of sulfone groups is 1. The lowest BCUT2D eigenvalue weighted by atomic mass is 10.2. The zero-order chi connectivity index (χ0) is 18.5. The molecule has 140 valence electrons. The van der Waals surface area contributed by atoms with Gasteiger partial charge in [0.2, 0.25) is 15.9 Å². The Hall–Kier alpha value is -1.45. The van der Waals surface area contributed by atoms with Crippen molar-refractivity contribution in [2.24, 2.45) is 0 Å².